The van der Waals surface area contributed by atoms with E-state index in [2.05, 4.69) is 35.6 Å². The van der Waals surface area contributed by atoms with Crippen LogP contribution < -0.4 is 5.32 Å². The van der Waals surface area contributed by atoms with E-state index >= 15 is 0 Å². The smallest absolute Gasteiger partial charge is 0.227 e. The van der Waals surface area contributed by atoms with Crippen molar-refractivity contribution >= 4 is 22.9 Å². The number of amides is 1. The minimum atomic E-state index is -0.571. The summed E-state index contributed by atoms with van der Waals surface area (Å²) in [6, 6.07) is 5.79. The molecule has 1 aromatic heterocycles. The number of hydrogen-bond acceptors (Lipinski definition) is 3. The van der Waals surface area contributed by atoms with Crippen molar-refractivity contribution < 1.29 is 9.90 Å². The monoisotopic (exact) mass is 343 g/mol. The van der Waals surface area contributed by atoms with E-state index in [1.54, 1.807) is 6.92 Å². The van der Waals surface area contributed by atoms with E-state index in [1.807, 2.05) is 18.2 Å². The van der Waals surface area contributed by atoms with Crippen LogP contribution in [-0.2, 0) is 11.3 Å². The molecule has 1 saturated carbocycles. The molecule has 0 radical (unpaired) electrons. The zero-order chi connectivity index (χ0) is 18.2. The predicted molar refractivity (Wildman–Crippen MR) is 100 cm³/mol. The highest BCUT2D eigenvalue weighted by molar-refractivity contribution is 5.92. The van der Waals surface area contributed by atoms with Gasteiger partial charge >= 0.3 is 0 Å². The Morgan fingerprint density at radius 2 is 2.12 bits per heavy atom. The molecule has 0 bridgehead atoms. The summed E-state index contributed by atoms with van der Waals surface area (Å²) >= 11 is 0. The van der Waals surface area contributed by atoms with Gasteiger partial charge in [0.25, 0.3) is 0 Å². The van der Waals surface area contributed by atoms with Crippen LogP contribution in [0.3, 0.4) is 0 Å². The Balaban J connectivity index is 1.99. The first-order valence-electron chi connectivity index (χ1n) is 9.21. The average molecular weight is 343 g/mol. The molecule has 1 atom stereocenters. The maximum Gasteiger partial charge on any atom is 0.227 e. The number of aromatic nitrogens is 2. The summed E-state index contributed by atoms with van der Waals surface area (Å²) in [5.41, 5.74) is 2.56. The molecule has 2 aromatic rings. The summed E-state index contributed by atoms with van der Waals surface area (Å²) in [4.78, 5) is 17.1. The van der Waals surface area contributed by atoms with Gasteiger partial charge in [-0.15, -0.1) is 0 Å². The summed E-state index contributed by atoms with van der Waals surface area (Å²) in [5, 5.41) is 13.2. The van der Waals surface area contributed by atoms with E-state index in [9.17, 15) is 9.90 Å². The van der Waals surface area contributed by atoms with Gasteiger partial charge in [0.2, 0.25) is 11.9 Å². The van der Waals surface area contributed by atoms with Gasteiger partial charge in [0.15, 0.2) is 0 Å². The van der Waals surface area contributed by atoms with Crippen LogP contribution in [0.1, 0.15) is 65.0 Å². The van der Waals surface area contributed by atoms with Crippen LogP contribution in [0.2, 0.25) is 0 Å². The molecule has 1 unspecified atom stereocenters. The first-order chi connectivity index (χ1) is 11.7. The molecule has 5 heteroatoms. The van der Waals surface area contributed by atoms with Crippen LogP contribution in [0, 0.1) is 11.3 Å². The van der Waals surface area contributed by atoms with Crippen molar-refractivity contribution in [1.82, 2.24) is 9.55 Å². The molecule has 1 amide bonds. The van der Waals surface area contributed by atoms with Crippen molar-refractivity contribution in [3.05, 3.63) is 23.8 Å². The molecule has 25 heavy (non-hydrogen) atoms. The summed E-state index contributed by atoms with van der Waals surface area (Å²) in [6.45, 7) is 8.76. The van der Waals surface area contributed by atoms with Gasteiger partial charge in [0, 0.05) is 18.5 Å². The van der Waals surface area contributed by atoms with Gasteiger partial charge in [-0.1, -0.05) is 39.3 Å². The zero-order valence-corrected chi connectivity index (χ0v) is 15.7. The molecule has 1 aliphatic rings. The third-order valence-corrected chi connectivity index (χ3v) is 4.86. The number of fused-ring (bicyclic) bond motifs is 1. The van der Waals surface area contributed by atoms with Crippen molar-refractivity contribution in [2.75, 3.05) is 5.32 Å². The highest BCUT2D eigenvalue weighted by Crippen LogP contribution is 2.33. The maximum atomic E-state index is 12.4. The average Bonchev–Trinajstić information content (AvgIpc) is 2.77. The van der Waals surface area contributed by atoms with Gasteiger partial charge in [-0.05, 0) is 37.2 Å². The lowest BCUT2D eigenvalue weighted by Crippen LogP contribution is -2.24. The first-order valence-corrected chi connectivity index (χ1v) is 9.21. The lowest BCUT2D eigenvalue weighted by atomic mass is 9.85. The third kappa shape index (κ3) is 4.03. The molecule has 2 N–H and O–H groups in total. The van der Waals surface area contributed by atoms with Crippen molar-refractivity contribution in [3.63, 3.8) is 0 Å². The molecule has 0 aliphatic heterocycles. The van der Waals surface area contributed by atoms with Crippen molar-refractivity contribution in [1.29, 1.82) is 0 Å². The van der Waals surface area contributed by atoms with Crippen LogP contribution >= 0.6 is 0 Å². The molecule has 0 spiro atoms. The van der Waals surface area contributed by atoms with Crippen molar-refractivity contribution in [2.45, 2.75) is 66.0 Å². The number of imidazole rings is 1. The molecule has 136 valence electrons. The summed E-state index contributed by atoms with van der Waals surface area (Å²) in [6.07, 6.45) is 3.58. The lowest BCUT2D eigenvalue weighted by Gasteiger charge is -2.27. The molecule has 1 heterocycles. The normalized spacial score (nSPS) is 16.7. The van der Waals surface area contributed by atoms with Crippen molar-refractivity contribution in [2.24, 2.45) is 11.3 Å². The second kappa shape index (κ2) is 6.79. The van der Waals surface area contributed by atoms with Gasteiger partial charge in [-0.2, -0.15) is 0 Å². The maximum absolute atomic E-state index is 12.4. The second-order valence-corrected chi connectivity index (χ2v) is 8.52. The van der Waals surface area contributed by atoms with E-state index in [4.69, 9.17) is 0 Å². The van der Waals surface area contributed by atoms with Crippen LogP contribution in [0.15, 0.2) is 18.2 Å². The third-order valence-electron chi connectivity index (χ3n) is 4.86. The minimum absolute atomic E-state index is 0.0173. The highest BCUT2D eigenvalue weighted by atomic mass is 16.3. The Morgan fingerprint density at radius 1 is 1.40 bits per heavy atom. The number of carbonyl (C=O) groups is 1. The van der Waals surface area contributed by atoms with Gasteiger partial charge in [0.05, 0.1) is 17.1 Å². The molecule has 1 aromatic carbocycles. The number of para-hydroxylation sites is 1. The standard InChI is InChI=1S/C20H29N3O2/c1-13(24)15-9-6-10-16-18(15)23(12-14-7-5-8-14)19(21-16)22-17(25)11-20(2,3)4/h6,9-10,13-14,24H,5,7-8,11-12H2,1-4H3,(H,21,22,25). The highest BCUT2D eigenvalue weighted by Gasteiger charge is 2.24. The summed E-state index contributed by atoms with van der Waals surface area (Å²) in [7, 11) is 0. The number of hydrogen-bond donors (Lipinski definition) is 2. The van der Waals surface area contributed by atoms with E-state index in [0.717, 1.165) is 23.1 Å². The number of anilines is 1. The minimum Gasteiger partial charge on any atom is -0.389 e. The van der Waals surface area contributed by atoms with Crippen LogP contribution in [0.5, 0.6) is 0 Å². The second-order valence-electron chi connectivity index (χ2n) is 8.52. The summed E-state index contributed by atoms with van der Waals surface area (Å²) < 4.78 is 2.10. The molecule has 0 saturated heterocycles. The topological polar surface area (TPSA) is 67.2 Å². The Hall–Kier alpha value is -1.88. The molecule has 3 rings (SSSR count). The van der Waals surface area contributed by atoms with Crippen LogP contribution in [-0.4, -0.2) is 20.6 Å². The zero-order valence-electron chi connectivity index (χ0n) is 15.7. The van der Waals surface area contributed by atoms with Crippen molar-refractivity contribution in [3.8, 4) is 0 Å². The first kappa shape index (κ1) is 17.9. The number of nitrogens with one attached hydrogen (secondary N) is 1. The predicted octanol–water partition coefficient (Wildman–Crippen LogP) is 4.26. The van der Waals surface area contributed by atoms with Gasteiger partial charge in [-0.25, -0.2) is 4.98 Å². The van der Waals surface area contributed by atoms with Crippen LogP contribution in [0.25, 0.3) is 11.0 Å². The van der Waals surface area contributed by atoms with E-state index < -0.39 is 6.10 Å². The quantitative estimate of drug-likeness (QED) is 0.852. The Bertz CT molecular complexity index is 767. The lowest BCUT2D eigenvalue weighted by molar-refractivity contribution is -0.117. The Labute approximate surface area is 149 Å². The van der Waals surface area contributed by atoms with E-state index in [-0.39, 0.29) is 11.3 Å². The fourth-order valence-electron chi connectivity index (χ4n) is 3.41. The van der Waals surface area contributed by atoms with Gasteiger partial charge < -0.3 is 9.67 Å². The Morgan fingerprint density at radius 3 is 2.68 bits per heavy atom. The molecule has 1 fully saturated rings. The number of aliphatic hydroxyl groups is 1. The summed E-state index contributed by atoms with van der Waals surface area (Å²) in [5.74, 6) is 1.21. The number of benzene rings is 1. The number of rotatable bonds is 5. The van der Waals surface area contributed by atoms with Crippen LogP contribution in [0.4, 0.5) is 5.95 Å². The molecular weight excluding hydrogens is 314 g/mol. The van der Waals surface area contributed by atoms with Gasteiger partial charge in [0.1, 0.15) is 0 Å². The number of carbonyl (C=O) groups excluding carboxylic acids is 1. The number of aliphatic hydroxyl groups excluding tert-OH is 1. The fraction of sp³-hybridized carbons (Fsp3) is 0.600. The van der Waals surface area contributed by atoms with E-state index in [0.29, 0.717) is 18.3 Å². The molecule has 5 nitrogen and oxygen atoms in total. The van der Waals surface area contributed by atoms with E-state index in [1.165, 1.54) is 19.3 Å². The largest absolute Gasteiger partial charge is 0.389 e. The fourth-order valence-corrected chi connectivity index (χ4v) is 3.41. The van der Waals surface area contributed by atoms with Gasteiger partial charge in [-0.3, -0.25) is 10.1 Å². The molecule has 1 aliphatic carbocycles. The Kier molecular flexibility index (Phi) is 4.87. The SMILES string of the molecule is CC(O)c1cccc2nc(NC(=O)CC(C)(C)C)n(CC3CCC3)c12. The number of nitrogens with zero attached hydrogens (tertiary/aromatic N) is 2. The molecular formula is C20H29N3O2.